The Morgan fingerprint density at radius 3 is 2.58 bits per heavy atom. The topological polar surface area (TPSA) is 229 Å². The van der Waals surface area contributed by atoms with Gasteiger partial charge in [-0.1, -0.05) is 23.7 Å². The van der Waals surface area contributed by atoms with E-state index in [1.165, 1.54) is 43.1 Å². The lowest BCUT2D eigenvalue weighted by Crippen LogP contribution is -2.53. The number of amides is 1. The first-order valence-corrected chi connectivity index (χ1v) is 18.1. The second-order valence-electron chi connectivity index (χ2n) is 12.0. The average molecular weight is 776 g/mol. The molecule has 0 radical (unpaired) electrons. The molecule has 2 saturated heterocycles. The van der Waals surface area contributed by atoms with E-state index in [9.17, 15) is 28.9 Å². The van der Waals surface area contributed by atoms with E-state index in [1.807, 2.05) is 0 Å². The van der Waals surface area contributed by atoms with Crippen molar-refractivity contribution in [1.82, 2.24) is 19.5 Å². The number of aromatic nitrogens is 4. The molecular weight excluding hydrogens is 741 g/mol. The van der Waals surface area contributed by atoms with Crippen molar-refractivity contribution in [3.8, 4) is 11.5 Å². The van der Waals surface area contributed by atoms with Gasteiger partial charge in [0.2, 0.25) is 5.79 Å². The lowest BCUT2D eigenvalue weighted by atomic mass is 10.1. The third-order valence-corrected chi connectivity index (χ3v) is 9.49. The highest BCUT2D eigenvalue weighted by atomic mass is 35.5. The quantitative estimate of drug-likeness (QED) is 0.0882. The second-order valence-corrected chi connectivity index (χ2v) is 13.7. The van der Waals surface area contributed by atoms with Gasteiger partial charge >= 0.3 is 13.8 Å². The number of hydrogen-bond donors (Lipinski definition) is 3. The highest BCUT2D eigenvalue weighted by molar-refractivity contribution is 7.47. The van der Waals surface area contributed by atoms with Crippen LogP contribution in [0.15, 0.2) is 61.2 Å². The van der Waals surface area contributed by atoms with Gasteiger partial charge in [-0.15, -0.1) is 0 Å². The van der Waals surface area contributed by atoms with Crippen LogP contribution < -0.4 is 14.6 Å². The Balaban J connectivity index is 1.35. The molecule has 6 rings (SSSR count). The fourth-order valence-corrected chi connectivity index (χ4v) is 6.87. The van der Waals surface area contributed by atoms with E-state index in [0.29, 0.717) is 30.8 Å². The molecule has 4 heterocycles. The Morgan fingerprint density at radius 2 is 1.89 bits per heavy atom. The maximum absolute atomic E-state index is 13.6. The van der Waals surface area contributed by atoms with E-state index in [0.717, 1.165) is 6.33 Å². The second kappa shape index (κ2) is 16.2. The zero-order valence-electron chi connectivity index (χ0n) is 28.3. The summed E-state index contributed by atoms with van der Waals surface area (Å²) >= 11 is 6.15. The number of para-hydroxylation sites is 1. The molecule has 53 heavy (non-hydrogen) atoms. The van der Waals surface area contributed by atoms with Gasteiger partial charge in [-0.3, -0.25) is 19.0 Å². The number of nitrogens with zero attached hydrogens (tertiary/aromatic N) is 4. The summed E-state index contributed by atoms with van der Waals surface area (Å²) in [5.41, 5.74) is 0.487. The molecule has 2 aromatic heterocycles. The number of hydrogen-bond acceptors (Lipinski definition) is 15. The summed E-state index contributed by atoms with van der Waals surface area (Å²) in [4.78, 5) is 61.0. The Labute approximate surface area is 306 Å². The van der Waals surface area contributed by atoms with E-state index < -0.39 is 56.8 Å². The van der Waals surface area contributed by atoms with Crippen LogP contribution in [0.4, 0.5) is 5.82 Å². The molecule has 1 amide bonds. The molecule has 0 saturated carbocycles. The molecule has 20 heteroatoms. The van der Waals surface area contributed by atoms with E-state index in [1.54, 1.807) is 30.3 Å². The summed E-state index contributed by atoms with van der Waals surface area (Å²) in [6.45, 7) is 0.905. The number of anilines is 1. The molecule has 282 valence electrons. The molecule has 2 aliphatic heterocycles. The maximum Gasteiger partial charge on any atom is 0.530 e. The predicted molar refractivity (Wildman–Crippen MR) is 183 cm³/mol. The Hall–Kier alpha value is -4.52. The van der Waals surface area contributed by atoms with Crippen molar-refractivity contribution in [1.29, 1.82) is 0 Å². The number of fused-ring (bicyclic) bond motifs is 1. The van der Waals surface area contributed by atoms with E-state index in [4.69, 9.17) is 44.3 Å². The zero-order chi connectivity index (χ0) is 37.8. The van der Waals surface area contributed by atoms with Crippen LogP contribution in [0.25, 0.3) is 11.2 Å². The summed E-state index contributed by atoms with van der Waals surface area (Å²) < 4.78 is 54.2. The first-order chi connectivity index (χ1) is 25.4. The number of methoxy groups -OCH3 is 1. The summed E-state index contributed by atoms with van der Waals surface area (Å²) in [7, 11) is -3.78. The van der Waals surface area contributed by atoms with Crippen molar-refractivity contribution < 1.29 is 61.7 Å². The molecule has 18 nitrogen and oxygen atoms in total. The number of ketones is 1. The maximum atomic E-state index is 13.6. The zero-order valence-corrected chi connectivity index (χ0v) is 30.0. The molecule has 2 aliphatic rings. The minimum Gasteiger partial charge on any atom is -0.497 e. The molecule has 0 aliphatic carbocycles. The van der Waals surface area contributed by atoms with Gasteiger partial charge in [0.25, 0.3) is 5.91 Å². The Kier molecular flexibility index (Phi) is 11.7. The molecule has 2 fully saturated rings. The molecule has 4 aromatic rings. The lowest BCUT2D eigenvalue weighted by molar-refractivity contribution is -0.266. The van der Waals surface area contributed by atoms with Crippen molar-refractivity contribution in [2.24, 2.45) is 0 Å². The summed E-state index contributed by atoms with van der Waals surface area (Å²) in [6, 6.07) is 12.2. The molecule has 2 aromatic carbocycles. The van der Waals surface area contributed by atoms with Gasteiger partial charge in [0.1, 0.15) is 30.2 Å². The van der Waals surface area contributed by atoms with Gasteiger partial charge in [0.05, 0.1) is 24.9 Å². The van der Waals surface area contributed by atoms with E-state index in [-0.39, 0.29) is 46.4 Å². The lowest BCUT2D eigenvalue weighted by Gasteiger charge is -2.34. The van der Waals surface area contributed by atoms with E-state index in [2.05, 4.69) is 20.3 Å². The van der Waals surface area contributed by atoms with E-state index >= 15 is 0 Å². The molecule has 0 spiro atoms. The van der Waals surface area contributed by atoms with Gasteiger partial charge in [0.15, 0.2) is 41.7 Å². The summed E-state index contributed by atoms with van der Waals surface area (Å²) in [5.74, 6) is -4.12. The van der Waals surface area contributed by atoms with Crippen LogP contribution in [-0.2, 0) is 37.6 Å². The summed E-state index contributed by atoms with van der Waals surface area (Å²) in [6.07, 6.45) is -2.77. The van der Waals surface area contributed by atoms with Crippen LogP contribution in [0.2, 0.25) is 5.02 Å². The number of Topliss-reactive ketones (excluding diaryl/α,β-unsaturated/α-hetero) is 1. The highest BCUT2D eigenvalue weighted by Gasteiger charge is 2.63. The van der Waals surface area contributed by atoms with Crippen LogP contribution in [0.1, 0.15) is 49.2 Å². The number of imidazole rings is 1. The number of ether oxygens (including phenoxy) is 5. The standard InChI is InChI=1S/C33H35ClN5O13P/c1-19(40)9-14-25(41)48-16-24-33(43,52-53(44,45)51-23-7-4-3-6-22(23)34)28(50-26-8-5-15-47-26)32(49-24)39-18-37-27-29(35-17-36-30(27)39)38-31(42)20-10-12-21(46-2)13-11-20/h3-4,6-7,10-13,17-18,24,26,28,32,43H,5,8-9,14-16H2,1-2H3,(H,44,45)(H,35,36,38,42)/t24-,26?,28+,32-,33+/m1/s1. The van der Waals surface area contributed by atoms with Gasteiger partial charge in [-0.25, -0.2) is 24.0 Å². The van der Waals surface area contributed by atoms with Crippen LogP contribution in [0.3, 0.4) is 0 Å². The van der Waals surface area contributed by atoms with Crippen LogP contribution >= 0.6 is 19.4 Å². The molecule has 2 unspecified atom stereocenters. The third-order valence-electron chi connectivity index (χ3n) is 8.22. The number of nitrogens with one attached hydrogen (secondary N) is 1. The van der Waals surface area contributed by atoms with Crippen molar-refractivity contribution in [3.63, 3.8) is 0 Å². The van der Waals surface area contributed by atoms with Crippen molar-refractivity contribution in [3.05, 3.63) is 71.8 Å². The largest absolute Gasteiger partial charge is 0.530 e. The predicted octanol–water partition coefficient (Wildman–Crippen LogP) is 3.96. The highest BCUT2D eigenvalue weighted by Crippen LogP contribution is 2.54. The van der Waals surface area contributed by atoms with Crippen molar-refractivity contribution in [2.75, 3.05) is 25.6 Å². The molecular formula is C33H35ClN5O13P. The number of phosphoric acid groups is 1. The number of halogens is 1. The van der Waals surface area contributed by atoms with Crippen LogP contribution in [-0.4, -0.2) is 91.8 Å². The minimum absolute atomic E-state index is 0.0273. The minimum atomic E-state index is -5.28. The molecule has 3 N–H and O–H groups in total. The summed E-state index contributed by atoms with van der Waals surface area (Å²) in [5, 5.41) is 15.0. The van der Waals surface area contributed by atoms with Gasteiger partial charge < -0.3 is 43.4 Å². The number of rotatable bonds is 15. The number of aliphatic hydroxyl groups is 1. The first-order valence-electron chi connectivity index (χ1n) is 16.3. The number of phosphoric ester groups is 1. The van der Waals surface area contributed by atoms with Crippen LogP contribution in [0.5, 0.6) is 11.5 Å². The van der Waals surface area contributed by atoms with Crippen molar-refractivity contribution >= 4 is 54.1 Å². The number of carbonyl (C=O) groups excluding carboxylic acids is 3. The fourth-order valence-electron chi connectivity index (χ4n) is 5.61. The van der Waals surface area contributed by atoms with Gasteiger partial charge in [-0.2, -0.15) is 0 Å². The smallest absolute Gasteiger partial charge is 0.497 e. The monoisotopic (exact) mass is 775 g/mol. The van der Waals surface area contributed by atoms with Gasteiger partial charge in [-0.05, 0) is 49.7 Å². The number of benzene rings is 2. The SMILES string of the molecule is COc1ccc(C(=O)Nc2ncnc3c2ncn3[C@@H]2O[C@H](COC(=O)CCC(C)=O)[C@](O)(OP(=O)(O)Oc3ccccc3Cl)[C@H]2OC2CCCO2)cc1. The van der Waals surface area contributed by atoms with Gasteiger partial charge in [0, 0.05) is 25.0 Å². The van der Waals surface area contributed by atoms with Crippen LogP contribution in [0, 0.1) is 0 Å². The average Bonchev–Trinajstić information content (AvgIpc) is 3.86. The number of esters is 1. The fraction of sp³-hybridized carbons (Fsp3) is 0.394. The molecule has 6 atom stereocenters. The van der Waals surface area contributed by atoms with Crippen molar-refractivity contribution in [2.45, 2.75) is 63.1 Å². The normalized spacial score (nSPS) is 23.7. The third kappa shape index (κ3) is 8.83. The molecule has 0 bridgehead atoms. The number of carbonyl (C=O) groups is 3. The Bertz CT molecular complexity index is 2010. The first kappa shape index (κ1) is 38.2. The Morgan fingerprint density at radius 1 is 1.11 bits per heavy atom.